The summed E-state index contributed by atoms with van der Waals surface area (Å²) in [6.07, 6.45) is 1.73. The highest BCUT2D eigenvalue weighted by Crippen LogP contribution is 2.40. The number of aliphatic imine (C=N–C) groups is 1. The number of rotatable bonds is 9. The number of azide groups is 2. The lowest BCUT2D eigenvalue weighted by molar-refractivity contribution is 0.0775. The summed E-state index contributed by atoms with van der Waals surface area (Å²) in [7, 11) is 0. The van der Waals surface area contributed by atoms with Gasteiger partial charge in [-0.3, -0.25) is 19.9 Å². The summed E-state index contributed by atoms with van der Waals surface area (Å²) in [5.74, 6) is -1.09. The average Bonchev–Trinajstić information content (AvgIpc) is 2.97. The van der Waals surface area contributed by atoms with Gasteiger partial charge in [0.15, 0.2) is 5.84 Å². The normalized spacial score (nSPS) is 15.0. The Morgan fingerprint density at radius 2 is 1.98 bits per heavy atom. The van der Waals surface area contributed by atoms with Crippen LogP contribution in [0.15, 0.2) is 61.8 Å². The maximum atomic E-state index is 13.4. The Hall–Kier alpha value is -5.01. The van der Waals surface area contributed by atoms with Crippen molar-refractivity contribution in [3.8, 4) is 0 Å². The molecule has 16 nitrogen and oxygen atoms in total. The predicted octanol–water partition coefficient (Wildman–Crippen LogP) is 5.31. The Bertz CT molecular complexity index is 1510. The molecule has 2 aromatic rings. The average molecular weight is 578 g/mol. The second kappa shape index (κ2) is 13.4. The van der Waals surface area contributed by atoms with Gasteiger partial charge in [0.25, 0.3) is 11.8 Å². The Labute approximate surface area is 238 Å². The molecule has 1 fully saturated rings. The summed E-state index contributed by atoms with van der Waals surface area (Å²) in [6, 6.07) is 10.1. The summed E-state index contributed by atoms with van der Waals surface area (Å²) < 4.78 is 5.57. The molecule has 4 rings (SSSR count). The molecule has 2 aliphatic heterocycles. The number of carbonyl (C=O) groups excluding carboxylic acids is 2. The van der Waals surface area contributed by atoms with E-state index in [0.717, 1.165) is 10.5 Å². The van der Waals surface area contributed by atoms with Gasteiger partial charge in [-0.25, -0.2) is 4.99 Å². The molecule has 41 heavy (non-hydrogen) atoms. The Balaban J connectivity index is 1.77. The Kier molecular flexibility index (Phi) is 9.45. The zero-order chi connectivity index (χ0) is 29.2. The molecule has 210 valence electrons. The van der Waals surface area contributed by atoms with Crippen LogP contribution >= 0.6 is 11.6 Å². The number of fused-ring (bicyclic) bond motifs is 1. The van der Waals surface area contributed by atoms with Gasteiger partial charge >= 0.3 is 0 Å². The molecule has 17 heteroatoms. The predicted molar refractivity (Wildman–Crippen MR) is 150 cm³/mol. The number of anilines is 1. The minimum absolute atomic E-state index is 0.0882. The van der Waals surface area contributed by atoms with Gasteiger partial charge in [-0.15, -0.1) is 5.11 Å². The van der Waals surface area contributed by atoms with Gasteiger partial charge in [0, 0.05) is 40.9 Å². The van der Waals surface area contributed by atoms with E-state index in [4.69, 9.17) is 37.8 Å². The van der Waals surface area contributed by atoms with Crippen LogP contribution in [-0.4, -0.2) is 61.0 Å². The van der Waals surface area contributed by atoms with Gasteiger partial charge in [0.1, 0.15) is 12.2 Å². The zero-order valence-corrected chi connectivity index (χ0v) is 22.3. The van der Waals surface area contributed by atoms with Gasteiger partial charge < -0.3 is 15.4 Å². The summed E-state index contributed by atoms with van der Waals surface area (Å²) in [5.41, 5.74) is 17.9. The minimum Gasteiger partial charge on any atom is -0.381 e. The van der Waals surface area contributed by atoms with E-state index in [1.54, 1.807) is 12.1 Å². The number of halogens is 1. The molecule has 0 unspecified atom stereocenters. The monoisotopic (exact) mass is 577 g/mol. The third-order valence-corrected chi connectivity index (χ3v) is 6.60. The number of ether oxygens (including phenoxy) is 1. The second-order valence-corrected chi connectivity index (χ2v) is 9.31. The van der Waals surface area contributed by atoms with Crippen LogP contribution in [0.25, 0.3) is 20.9 Å². The van der Waals surface area contributed by atoms with Crippen LogP contribution < -0.4 is 10.6 Å². The van der Waals surface area contributed by atoms with Crippen molar-refractivity contribution in [2.75, 3.05) is 31.9 Å². The molecule has 0 aliphatic carbocycles. The Morgan fingerprint density at radius 3 is 2.68 bits per heavy atom. The highest BCUT2D eigenvalue weighted by Gasteiger charge is 2.42. The quantitative estimate of drug-likeness (QED) is 0.118. The van der Waals surface area contributed by atoms with E-state index >= 15 is 0 Å². The summed E-state index contributed by atoms with van der Waals surface area (Å²) >= 11 is 6.08. The van der Waals surface area contributed by atoms with E-state index in [0.29, 0.717) is 54.6 Å². The van der Waals surface area contributed by atoms with Crippen LogP contribution in [0.3, 0.4) is 0 Å². The number of carbonyl (C=O) groups is 2. The molecule has 0 atom stereocenters. The van der Waals surface area contributed by atoms with E-state index in [9.17, 15) is 9.59 Å². The summed E-state index contributed by atoms with van der Waals surface area (Å²) in [6.45, 7) is 0.319. The van der Waals surface area contributed by atoms with E-state index in [-0.39, 0.29) is 24.3 Å². The van der Waals surface area contributed by atoms with Crippen molar-refractivity contribution in [2.45, 2.75) is 24.9 Å². The van der Waals surface area contributed by atoms with Crippen molar-refractivity contribution in [2.24, 2.45) is 25.4 Å². The fraction of sp³-hybridized carbons (Fsp3) is 0.333. The van der Waals surface area contributed by atoms with Crippen molar-refractivity contribution in [1.82, 2.24) is 10.2 Å². The van der Waals surface area contributed by atoms with Crippen LogP contribution in [0.5, 0.6) is 0 Å². The van der Waals surface area contributed by atoms with Crippen LogP contribution in [-0.2, 0) is 11.3 Å². The SMILES string of the molecule is [N-]=[N+]=NCNC(=O)c1cc2c(cc1C(=O)N(C=N)CN=[N+]=[N-])NC1(CCOCC1)C(N=NCc1cccc(Cl)c1)=N2. The molecular formula is C24H24ClN13O3. The summed E-state index contributed by atoms with van der Waals surface area (Å²) in [5, 5.41) is 29.5. The van der Waals surface area contributed by atoms with Crippen molar-refractivity contribution in [3.05, 3.63) is 79.0 Å². The number of benzene rings is 2. The fourth-order valence-electron chi connectivity index (χ4n) is 4.34. The first-order chi connectivity index (χ1) is 19.9. The molecule has 0 bridgehead atoms. The lowest BCUT2D eigenvalue weighted by atomic mass is 9.86. The smallest absolute Gasteiger partial charge is 0.259 e. The number of nitrogens with zero attached hydrogens (tertiary/aromatic N) is 10. The zero-order valence-electron chi connectivity index (χ0n) is 21.6. The summed E-state index contributed by atoms with van der Waals surface area (Å²) in [4.78, 5) is 37.2. The van der Waals surface area contributed by atoms with Crippen LogP contribution in [0, 0.1) is 5.41 Å². The van der Waals surface area contributed by atoms with Crippen molar-refractivity contribution in [1.29, 1.82) is 5.41 Å². The highest BCUT2D eigenvalue weighted by atomic mass is 35.5. The highest BCUT2D eigenvalue weighted by molar-refractivity contribution is 6.30. The largest absolute Gasteiger partial charge is 0.381 e. The minimum atomic E-state index is -0.761. The van der Waals surface area contributed by atoms with E-state index < -0.39 is 24.0 Å². The third kappa shape index (κ3) is 6.77. The topological polar surface area (TPSA) is 229 Å². The molecule has 0 radical (unpaired) electrons. The molecule has 2 amide bonds. The molecule has 3 N–H and O–H groups in total. The first-order valence-corrected chi connectivity index (χ1v) is 12.6. The number of amides is 2. The lowest BCUT2D eigenvalue weighted by Crippen LogP contribution is -2.51. The Morgan fingerprint density at radius 1 is 1.20 bits per heavy atom. The molecule has 0 aromatic heterocycles. The first kappa shape index (κ1) is 29.0. The molecule has 0 saturated carbocycles. The molecule has 2 aliphatic rings. The number of nitrogens with one attached hydrogen (secondary N) is 3. The third-order valence-electron chi connectivity index (χ3n) is 6.36. The van der Waals surface area contributed by atoms with Gasteiger partial charge in [0.05, 0.1) is 42.1 Å². The van der Waals surface area contributed by atoms with Crippen LogP contribution in [0.2, 0.25) is 5.02 Å². The van der Waals surface area contributed by atoms with Gasteiger partial charge in [0.2, 0.25) is 0 Å². The van der Waals surface area contributed by atoms with E-state index in [1.807, 2.05) is 12.1 Å². The molecule has 2 aromatic carbocycles. The second-order valence-electron chi connectivity index (χ2n) is 8.87. The van der Waals surface area contributed by atoms with Crippen molar-refractivity contribution >= 4 is 47.0 Å². The van der Waals surface area contributed by atoms with Crippen LogP contribution in [0.1, 0.15) is 39.1 Å². The lowest BCUT2D eigenvalue weighted by Gasteiger charge is -2.40. The van der Waals surface area contributed by atoms with Gasteiger partial charge in [-0.05, 0) is 40.9 Å². The van der Waals surface area contributed by atoms with Crippen LogP contribution in [0.4, 0.5) is 11.4 Å². The van der Waals surface area contributed by atoms with E-state index in [2.05, 4.69) is 40.9 Å². The van der Waals surface area contributed by atoms with Crippen molar-refractivity contribution in [3.63, 3.8) is 0 Å². The maximum absolute atomic E-state index is 13.4. The molecule has 1 spiro atoms. The standard InChI is InChI=1S/C24H24ClN13O3/c25-16-3-1-2-15(8-16)11-30-35-23-24(4-6-41-7-5-24)34-20-10-18(22(40)38(12-26)14-32-37-28)17(9-19(20)33-23)21(39)29-13-31-36-27/h1-3,8-10,12,26,34H,4-7,11,13-14H2,(H,29,39). The molecule has 1 saturated heterocycles. The number of hydrogen-bond donors (Lipinski definition) is 3. The first-order valence-electron chi connectivity index (χ1n) is 12.3. The molecular weight excluding hydrogens is 554 g/mol. The maximum Gasteiger partial charge on any atom is 0.259 e. The number of hydrogen-bond acceptors (Lipinski definition) is 10. The van der Waals surface area contributed by atoms with Gasteiger partial charge in [-0.1, -0.05) is 34.0 Å². The van der Waals surface area contributed by atoms with Crippen molar-refractivity contribution < 1.29 is 14.3 Å². The fourth-order valence-corrected chi connectivity index (χ4v) is 4.55. The van der Waals surface area contributed by atoms with Gasteiger partial charge in [-0.2, -0.15) is 5.11 Å². The van der Waals surface area contributed by atoms with E-state index in [1.165, 1.54) is 12.1 Å². The number of azo groups is 1. The number of amidine groups is 1. The molecule has 2 heterocycles.